The van der Waals surface area contributed by atoms with Crippen molar-refractivity contribution in [1.82, 2.24) is 19.8 Å². The molecule has 1 saturated heterocycles. The van der Waals surface area contributed by atoms with Crippen LogP contribution in [0.25, 0.3) is 21.8 Å². The van der Waals surface area contributed by atoms with Crippen molar-refractivity contribution >= 4 is 33.5 Å². The first kappa shape index (κ1) is 20.1. The number of nitrogens with zero attached hydrogens (tertiary/aromatic N) is 3. The molecule has 1 fully saturated rings. The van der Waals surface area contributed by atoms with E-state index in [9.17, 15) is 14.0 Å². The predicted octanol–water partition coefficient (Wildman–Crippen LogP) is 2.64. The minimum absolute atomic E-state index is 0.0195. The molecule has 0 spiro atoms. The standard InChI is InChI=1S/C24H22FN5O2/c25-19-4-2-17-10-18(24(32)28-21(17)11-19)13-29-7-8-30(23(31)14-29)12-15-1-5-20-16(9-15)3-6-22(26)27-20/h1-6,9-11H,7-8,12-14H2,(H2,26,27)(H,28,32). The lowest BCUT2D eigenvalue weighted by molar-refractivity contribution is -0.136. The number of nitrogens with two attached hydrogens (primary N) is 1. The second-order valence-corrected chi connectivity index (χ2v) is 8.14. The van der Waals surface area contributed by atoms with Crippen molar-refractivity contribution in [3.05, 3.63) is 81.9 Å². The van der Waals surface area contributed by atoms with E-state index in [0.717, 1.165) is 21.9 Å². The molecule has 1 amide bonds. The van der Waals surface area contributed by atoms with Crippen LogP contribution in [0, 0.1) is 5.82 Å². The van der Waals surface area contributed by atoms with E-state index in [0.29, 0.717) is 43.1 Å². The van der Waals surface area contributed by atoms with E-state index in [-0.39, 0.29) is 18.0 Å². The normalized spacial score (nSPS) is 15.0. The van der Waals surface area contributed by atoms with Crippen LogP contribution in [-0.2, 0) is 17.9 Å². The Bertz CT molecular complexity index is 1400. The third kappa shape index (κ3) is 4.04. The number of piperazine rings is 1. The predicted molar refractivity (Wildman–Crippen MR) is 121 cm³/mol. The summed E-state index contributed by atoms with van der Waals surface area (Å²) in [5.74, 6) is 0.106. The van der Waals surface area contributed by atoms with Gasteiger partial charge in [0.1, 0.15) is 11.6 Å². The van der Waals surface area contributed by atoms with Crippen LogP contribution in [0.15, 0.2) is 59.4 Å². The molecular weight excluding hydrogens is 409 g/mol. The lowest BCUT2D eigenvalue weighted by atomic mass is 10.1. The molecule has 3 N–H and O–H groups in total. The highest BCUT2D eigenvalue weighted by molar-refractivity contribution is 5.82. The summed E-state index contributed by atoms with van der Waals surface area (Å²) in [7, 11) is 0. The van der Waals surface area contributed by atoms with Crippen LogP contribution in [0.1, 0.15) is 11.1 Å². The summed E-state index contributed by atoms with van der Waals surface area (Å²) in [5, 5.41) is 1.75. The third-order valence-electron chi connectivity index (χ3n) is 5.83. The number of aromatic nitrogens is 2. The van der Waals surface area contributed by atoms with Gasteiger partial charge in [0.15, 0.2) is 0 Å². The number of aromatic amines is 1. The first-order valence-corrected chi connectivity index (χ1v) is 10.4. The highest BCUT2D eigenvalue weighted by Gasteiger charge is 2.24. The van der Waals surface area contributed by atoms with Gasteiger partial charge in [-0.25, -0.2) is 9.37 Å². The van der Waals surface area contributed by atoms with Crippen molar-refractivity contribution in [2.45, 2.75) is 13.1 Å². The van der Waals surface area contributed by atoms with Gasteiger partial charge in [-0.1, -0.05) is 6.07 Å². The zero-order valence-electron chi connectivity index (χ0n) is 17.3. The molecule has 0 radical (unpaired) electrons. The summed E-state index contributed by atoms with van der Waals surface area (Å²) >= 11 is 0. The van der Waals surface area contributed by atoms with Gasteiger partial charge in [0.25, 0.3) is 5.56 Å². The number of halogens is 1. The van der Waals surface area contributed by atoms with Crippen molar-refractivity contribution in [2.75, 3.05) is 25.4 Å². The highest BCUT2D eigenvalue weighted by Crippen LogP contribution is 2.19. The van der Waals surface area contributed by atoms with Gasteiger partial charge in [0.2, 0.25) is 5.91 Å². The molecule has 0 aliphatic carbocycles. The molecule has 1 aliphatic rings. The van der Waals surface area contributed by atoms with Gasteiger partial charge in [-0.2, -0.15) is 0 Å². The molecule has 8 heteroatoms. The number of fused-ring (bicyclic) bond motifs is 2. The van der Waals surface area contributed by atoms with Crippen LogP contribution in [0.5, 0.6) is 0 Å². The lowest BCUT2D eigenvalue weighted by Crippen LogP contribution is -2.49. The first-order chi connectivity index (χ1) is 15.4. The maximum Gasteiger partial charge on any atom is 0.252 e. The van der Waals surface area contributed by atoms with Crippen LogP contribution in [0.4, 0.5) is 10.2 Å². The smallest absolute Gasteiger partial charge is 0.252 e. The Labute approximate surface area is 183 Å². The molecule has 0 unspecified atom stereocenters. The van der Waals surface area contributed by atoms with Crippen LogP contribution in [0.3, 0.4) is 0 Å². The fourth-order valence-electron chi connectivity index (χ4n) is 4.15. The third-order valence-corrected chi connectivity index (χ3v) is 5.83. The zero-order valence-corrected chi connectivity index (χ0v) is 17.3. The number of pyridine rings is 2. The summed E-state index contributed by atoms with van der Waals surface area (Å²) in [6.45, 7) is 2.37. The highest BCUT2D eigenvalue weighted by atomic mass is 19.1. The molecule has 3 heterocycles. The van der Waals surface area contributed by atoms with Gasteiger partial charge in [-0.05, 0) is 59.5 Å². The second kappa shape index (κ2) is 8.05. The number of benzene rings is 2. The molecule has 2 aromatic carbocycles. The van der Waals surface area contributed by atoms with E-state index in [1.54, 1.807) is 18.2 Å². The largest absolute Gasteiger partial charge is 0.384 e. The Kier molecular flexibility index (Phi) is 5.07. The summed E-state index contributed by atoms with van der Waals surface area (Å²) in [6.07, 6.45) is 0. The summed E-state index contributed by atoms with van der Waals surface area (Å²) in [5.41, 5.74) is 8.36. The number of hydrogen-bond donors (Lipinski definition) is 2. The molecule has 7 nitrogen and oxygen atoms in total. The second-order valence-electron chi connectivity index (χ2n) is 8.14. The number of anilines is 1. The van der Waals surface area contributed by atoms with E-state index >= 15 is 0 Å². The van der Waals surface area contributed by atoms with E-state index in [4.69, 9.17) is 5.73 Å². The van der Waals surface area contributed by atoms with Crippen LogP contribution in [-0.4, -0.2) is 45.3 Å². The van der Waals surface area contributed by atoms with Crippen molar-refractivity contribution in [3.63, 3.8) is 0 Å². The van der Waals surface area contributed by atoms with Crippen LogP contribution >= 0.6 is 0 Å². The molecule has 162 valence electrons. The fourth-order valence-corrected chi connectivity index (χ4v) is 4.15. The van der Waals surface area contributed by atoms with Crippen LogP contribution in [0.2, 0.25) is 0 Å². The molecule has 0 atom stereocenters. The van der Waals surface area contributed by atoms with Crippen molar-refractivity contribution in [3.8, 4) is 0 Å². The molecule has 2 aromatic heterocycles. The van der Waals surface area contributed by atoms with Crippen molar-refractivity contribution in [1.29, 1.82) is 0 Å². The Balaban J connectivity index is 1.26. The Hall–Kier alpha value is -3.78. The molecule has 0 bridgehead atoms. The van der Waals surface area contributed by atoms with Gasteiger partial charge in [-0.3, -0.25) is 14.5 Å². The first-order valence-electron chi connectivity index (χ1n) is 10.4. The number of rotatable bonds is 4. The van der Waals surface area contributed by atoms with Crippen molar-refractivity contribution in [2.24, 2.45) is 0 Å². The fraction of sp³-hybridized carbons (Fsp3) is 0.208. The van der Waals surface area contributed by atoms with Gasteiger partial charge >= 0.3 is 0 Å². The number of nitrogen functional groups attached to an aromatic ring is 1. The number of hydrogen-bond acceptors (Lipinski definition) is 5. The van der Waals surface area contributed by atoms with Gasteiger partial charge < -0.3 is 15.6 Å². The SMILES string of the molecule is Nc1ccc2cc(CN3CCN(Cc4cc5ccc(F)cc5[nH]c4=O)CC3=O)ccc2n1. The van der Waals surface area contributed by atoms with Crippen molar-refractivity contribution < 1.29 is 9.18 Å². The summed E-state index contributed by atoms with van der Waals surface area (Å²) in [4.78, 5) is 36.0. The average molecular weight is 431 g/mol. The molecule has 5 rings (SSSR count). The maximum absolute atomic E-state index is 13.4. The Morgan fingerprint density at radius 1 is 0.969 bits per heavy atom. The minimum Gasteiger partial charge on any atom is -0.384 e. The Morgan fingerprint density at radius 3 is 2.66 bits per heavy atom. The number of amides is 1. The summed E-state index contributed by atoms with van der Waals surface area (Å²) < 4.78 is 13.4. The number of carbonyl (C=O) groups is 1. The topological polar surface area (TPSA) is 95.3 Å². The van der Waals surface area contributed by atoms with E-state index < -0.39 is 5.82 Å². The monoisotopic (exact) mass is 431 g/mol. The molecule has 0 saturated carbocycles. The summed E-state index contributed by atoms with van der Waals surface area (Å²) in [6, 6.07) is 15.7. The molecular formula is C24H22FN5O2. The molecule has 32 heavy (non-hydrogen) atoms. The van der Waals surface area contributed by atoms with Gasteiger partial charge in [0.05, 0.1) is 17.6 Å². The maximum atomic E-state index is 13.4. The zero-order chi connectivity index (χ0) is 22.2. The molecule has 1 aliphatic heterocycles. The number of H-pyrrole nitrogens is 1. The lowest BCUT2D eigenvalue weighted by Gasteiger charge is -2.34. The average Bonchev–Trinajstić information content (AvgIpc) is 2.76. The minimum atomic E-state index is -0.394. The van der Waals surface area contributed by atoms with Gasteiger partial charge in [0, 0.05) is 37.1 Å². The van der Waals surface area contributed by atoms with Gasteiger partial charge in [-0.15, -0.1) is 0 Å². The van der Waals surface area contributed by atoms with E-state index in [1.165, 1.54) is 12.1 Å². The molecule has 4 aromatic rings. The van der Waals surface area contributed by atoms with E-state index in [1.807, 2.05) is 34.1 Å². The number of nitrogens with one attached hydrogen (secondary N) is 1. The Morgan fingerprint density at radius 2 is 1.81 bits per heavy atom. The quantitative estimate of drug-likeness (QED) is 0.518. The van der Waals surface area contributed by atoms with E-state index in [2.05, 4.69) is 9.97 Å². The van der Waals surface area contributed by atoms with Crippen LogP contribution < -0.4 is 11.3 Å². The number of carbonyl (C=O) groups excluding carboxylic acids is 1.